The minimum atomic E-state index is -1.54. The van der Waals surface area contributed by atoms with Gasteiger partial charge in [0, 0.05) is 31.0 Å². The summed E-state index contributed by atoms with van der Waals surface area (Å²) in [7, 11) is 0. The van der Waals surface area contributed by atoms with E-state index in [1.165, 1.54) is 58.1 Å². The summed E-state index contributed by atoms with van der Waals surface area (Å²) in [6, 6.07) is -1.13. The molecule has 2 heterocycles. The smallest absolute Gasteiger partial charge is 0.330 e. The van der Waals surface area contributed by atoms with Crippen LogP contribution in [0.4, 0.5) is 4.39 Å². The van der Waals surface area contributed by atoms with E-state index >= 15 is 0 Å². The molecule has 2 N–H and O–H groups in total. The van der Waals surface area contributed by atoms with E-state index < -0.39 is 59.9 Å². The van der Waals surface area contributed by atoms with E-state index in [0.717, 1.165) is 23.8 Å². The number of carbonyl (C=O) groups is 3. The monoisotopic (exact) mass is 639 g/mol. The van der Waals surface area contributed by atoms with E-state index in [0.29, 0.717) is 6.42 Å². The fraction of sp³-hybridized carbons (Fsp3) is 0.788. The molecule has 0 unspecified atom stereocenters. The first-order valence-corrected chi connectivity index (χ1v) is 16.6. The Bertz CT molecular complexity index is 1190. The molecule has 1 fully saturated rings. The van der Waals surface area contributed by atoms with Gasteiger partial charge in [-0.3, -0.25) is 23.9 Å². The molecule has 45 heavy (non-hydrogen) atoms. The van der Waals surface area contributed by atoms with E-state index in [4.69, 9.17) is 14.2 Å². The third-order valence-electron chi connectivity index (χ3n) is 7.69. The molecule has 1 aliphatic heterocycles. The number of aryl methyl sites for hydroxylation is 1. The molecule has 1 saturated heterocycles. The van der Waals surface area contributed by atoms with Crippen LogP contribution in [0.3, 0.4) is 0 Å². The molecule has 12 heteroatoms. The first-order valence-electron chi connectivity index (χ1n) is 16.6. The molecule has 0 spiro atoms. The van der Waals surface area contributed by atoms with Crippen LogP contribution in [0.15, 0.2) is 15.8 Å². The predicted octanol–water partition coefficient (Wildman–Crippen LogP) is 5.32. The van der Waals surface area contributed by atoms with Gasteiger partial charge in [0.15, 0.2) is 0 Å². The Morgan fingerprint density at radius 2 is 1.62 bits per heavy atom. The number of hydrogen-bond acceptors (Lipinski definition) is 8. The van der Waals surface area contributed by atoms with Crippen LogP contribution in [0, 0.1) is 6.92 Å². The number of nitrogens with one attached hydrogen (secondary N) is 2. The summed E-state index contributed by atoms with van der Waals surface area (Å²) >= 11 is 0. The van der Waals surface area contributed by atoms with Crippen molar-refractivity contribution in [2.24, 2.45) is 0 Å². The Balaban J connectivity index is 1.85. The summed E-state index contributed by atoms with van der Waals surface area (Å²) < 4.78 is 32.2. The molecule has 0 saturated carbocycles. The van der Waals surface area contributed by atoms with Gasteiger partial charge in [0.1, 0.15) is 36.8 Å². The Morgan fingerprint density at radius 3 is 2.22 bits per heavy atom. The largest absolute Gasteiger partial charge is 0.461 e. The highest BCUT2D eigenvalue weighted by Gasteiger charge is 2.38. The van der Waals surface area contributed by atoms with Gasteiger partial charge in [0.2, 0.25) is 5.91 Å². The number of halogens is 1. The number of rotatable bonds is 20. The summed E-state index contributed by atoms with van der Waals surface area (Å²) in [6.07, 6.45) is 10.1. The molecule has 0 bridgehead atoms. The second-order valence-corrected chi connectivity index (χ2v) is 13.0. The van der Waals surface area contributed by atoms with Gasteiger partial charge in [0.05, 0.1) is 0 Å². The van der Waals surface area contributed by atoms with Gasteiger partial charge < -0.3 is 19.5 Å². The average molecular weight is 640 g/mol. The predicted molar refractivity (Wildman–Crippen MR) is 169 cm³/mol. The van der Waals surface area contributed by atoms with Gasteiger partial charge in [-0.05, 0) is 40.5 Å². The minimum Gasteiger partial charge on any atom is -0.461 e. The van der Waals surface area contributed by atoms with Crippen molar-refractivity contribution in [3.8, 4) is 0 Å². The summed E-state index contributed by atoms with van der Waals surface area (Å²) in [5, 5.41) is 2.68. The van der Waals surface area contributed by atoms with Gasteiger partial charge in [-0.2, -0.15) is 0 Å². The van der Waals surface area contributed by atoms with Crippen molar-refractivity contribution in [3.05, 3.63) is 32.6 Å². The van der Waals surface area contributed by atoms with Crippen molar-refractivity contribution in [2.75, 3.05) is 6.61 Å². The second-order valence-electron chi connectivity index (χ2n) is 13.0. The standard InChI is InChI=1S/C33H54FN3O8/c1-6-7-8-9-10-11-12-13-14-15-16-17-27(38)35-25(18-19-29(39)45-33(3,4)5)31(41)43-22-26-24(34)20-28(44-26)37-21-23(2)30(40)36-32(37)42/h21,24-26,28H,6-20,22H2,1-5H3,(H,35,38)(H,36,40,42)/t24-,25-,26+,28+/m0/s1. The molecular formula is C33H54FN3O8. The van der Waals surface area contributed by atoms with Crippen LogP contribution in [-0.4, -0.2) is 57.9 Å². The highest BCUT2D eigenvalue weighted by Crippen LogP contribution is 2.30. The van der Waals surface area contributed by atoms with Gasteiger partial charge in [0.25, 0.3) is 5.56 Å². The lowest BCUT2D eigenvalue weighted by Gasteiger charge is -2.22. The third kappa shape index (κ3) is 14.7. The molecule has 0 aliphatic carbocycles. The summed E-state index contributed by atoms with van der Waals surface area (Å²) in [4.78, 5) is 64.1. The number of ether oxygens (including phenoxy) is 3. The van der Waals surface area contributed by atoms with Crippen LogP contribution in [0.2, 0.25) is 0 Å². The van der Waals surface area contributed by atoms with E-state index in [1.807, 2.05) is 0 Å². The quantitative estimate of drug-likeness (QED) is 0.144. The number of H-pyrrole nitrogens is 1. The lowest BCUT2D eigenvalue weighted by molar-refractivity contribution is -0.157. The van der Waals surface area contributed by atoms with Crippen LogP contribution in [0.25, 0.3) is 0 Å². The van der Waals surface area contributed by atoms with Crippen LogP contribution < -0.4 is 16.6 Å². The second kappa shape index (κ2) is 19.5. The molecule has 1 aliphatic rings. The number of aromatic amines is 1. The summed E-state index contributed by atoms with van der Waals surface area (Å²) in [5.41, 5.74) is -1.72. The van der Waals surface area contributed by atoms with E-state index in [-0.39, 0.29) is 37.2 Å². The number of esters is 2. The molecule has 1 aromatic rings. The van der Waals surface area contributed by atoms with Crippen molar-refractivity contribution in [2.45, 2.75) is 161 Å². The first kappa shape index (κ1) is 38.2. The van der Waals surface area contributed by atoms with E-state index in [2.05, 4.69) is 17.2 Å². The van der Waals surface area contributed by atoms with Crippen molar-refractivity contribution in [1.29, 1.82) is 0 Å². The molecular weight excluding hydrogens is 585 g/mol. The highest BCUT2D eigenvalue weighted by atomic mass is 19.1. The zero-order valence-corrected chi connectivity index (χ0v) is 27.8. The number of hydrogen-bond donors (Lipinski definition) is 2. The zero-order chi connectivity index (χ0) is 33.4. The minimum absolute atomic E-state index is 0.0446. The van der Waals surface area contributed by atoms with Gasteiger partial charge >= 0.3 is 17.6 Å². The molecule has 0 radical (unpaired) electrons. The third-order valence-corrected chi connectivity index (χ3v) is 7.69. The van der Waals surface area contributed by atoms with Gasteiger partial charge in [-0.1, -0.05) is 71.1 Å². The maximum absolute atomic E-state index is 14.8. The maximum Gasteiger partial charge on any atom is 0.330 e. The van der Waals surface area contributed by atoms with Crippen LogP contribution >= 0.6 is 0 Å². The molecule has 1 amide bonds. The molecule has 0 aromatic carbocycles. The van der Waals surface area contributed by atoms with Crippen LogP contribution in [0.1, 0.15) is 136 Å². The highest BCUT2D eigenvalue weighted by molar-refractivity contribution is 5.85. The molecule has 11 nitrogen and oxygen atoms in total. The average Bonchev–Trinajstić information content (AvgIpc) is 3.33. The van der Waals surface area contributed by atoms with Crippen molar-refractivity contribution in [3.63, 3.8) is 0 Å². The Morgan fingerprint density at radius 1 is 1.02 bits per heavy atom. The maximum atomic E-state index is 14.8. The van der Waals surface area contributed by atoms with Crippen LogP contribution in [0.5, 0.6) is 0 Å². The SMILES string of the molecule is CCCCCCCCCCCCCC(=O)N[C@@H](CCC(=O)OC(C)(C)C)C(=O)OC[C@H]1O[C@@H](n2cc(C)c(=O)[nH]c2=O)C[C@@H]1F. The number of alkyl halides is 1. The Labute approximate surface area is 266 Å². The Kier molecular flexibility index (Phi) is 16.5. The number of unbranched alkanes of at least 4 members (excludes halogenated alkanes) is 10. The lowest BCUT2D eigenvalue weighted by atomic mass is 10.0. The van der Waals surface area contributed by atoms with Crippen LogP contribution in [-0.2, 0) is 28.6 Å². The van der Waals surface area contributed by atoms with E-state index in [9.17, 15) is 28.4 Å². The molecule has 4 atom stereocenters. The number of carbonyl (C=O) groups excluding carboxylic acids is 3. The van der Waals surface area contributed by atoms with Gasteiger partial charge in [-0.15, -0.1) is 0 Å². The summed E-state index contributed by atoms with van der Waals surface area (Å²) in [5.74, 6) is -1.67. The number of nitrogens with zero attached hydrogens (tertiary/aromatic N) is 1. The zero-order valence-electron chi connectivity index (χ0n) is 27.8. The Hall–Kier alpha value is -3.02. The molecule has 256 valence electrons. The normalized spacial score (nSPS) is 18.8. The summed E-state index contributed by atoms with van der Waals surface area (Å²) in [6.45, 7) is 8.47. The fourth-order valence-electron chi connectivity index (χ4n) is 5.19. The first-order chi connectivity index (χ1) is 21.3. The molecule has 1 aromatic heterocycles. The molecule has 2 rings (SSSR count). The fourth-order valence-corrected chi connectivity index (χ4v) is 5.19. The number of amides is 1. The number of aromatic nitrogens is 2. The van der Waals surface area contributed by atoms with E-state index in [1.54, 1.807) is 20.8 Å². The van der Waals surface area contributed by atoms with Gasteiger partial charge in [-0.25, -0.2) is 14.0 Å². The topological polar surface area (TPSA) is 146 Å². The van der Waals surface area contributed by atoms with Crippen molar-refractivity contribution >= 4 is 17.8 Å². The van der Waals surface area contributed by atoms with Crippen molar-refractivity contribution in [1.82, 2.24) is 14.9 Å². The lowest BCUT2D eigenvalue weighted by Crippen LogP contribution is -2.43. The van der Waals surface area contributed by atoms with Crippen molar-refractivity contribution < 1.29 is 33.0 Å².